The number of piperidine rings is 1. The molecule has 0 aromatic carbocycles. The molecule has 0 radical (unpaired) electrons. The number of aromatic nitrogens is 3. The first-order valence-corrected chi connectivity index (χ1v) is 7.75. The van der Waals surface area contributed by atoms with E-state index in [-0.39, 0.29) is 30.4 Å². The molecule has 1 amide bonds. The number of halogens is 1. The van der Waals surface area contributed by atoms with Crippen molar-refractivity contribution in [1.82, 2.24) is 24.8 Å². The first-order valence-electron chi connectivity index (χ1n) is 7.75. The van der Waals surface area contributed by atoms with Crippen molar-refractivity contribution in [2.45, 2.75) is 25.8 Å². The Morgan fingerprint density at radius 3 is 3.04 bits per heavy atom. The van der Waals surface area contributed by atoms with Crippen LogP contribution < -0.4 is 16.3 Å². The van der Waals surface area contributed by atoms with Crippen LogP contribution in [0.1, 0.15) is 19.3 Å². The second kappa shape index (κ2) is 8.12. The molecule has 23 heavy (non-hydrogen) atoms. The van der Waals surface area contributed by atoms with Gasteiger partial charge in [-0.05, 0) is 44.0 Å². The van der Waals surface area contributed by atoms with Crippen LogP contribution >= 0.6 is 12.4 Å². The maximum absolute atomic E-state index is 12.1. The number of hydrogen-bond donors (Lipinski definition) is 2. The molecular weight excluding hydrogens is 318 g/mol. The molecule has 3 rings (SSSR count). The monoisotopic (exact) mass is 339 g/mol. The van der Waals surface area contributed by atoms with Gasteiger partial charge < -0.3 is 10.6 Å². The second-order valence-electron chi connectivity index (χ2n) is 5.70. The molecule has 0 bridgehead atoms. The Labute approximate surface area is 140 Å². The fraction of sp³-hybridized carbons (Fsp3) is 0.533. The summed E-state index contributed by atoms with van der Waals surface area (Å²) in [6.45, 7) is 3.04. The largest absolute Gasteiger partial charge is 0.356 e. The molecule has 3 heterocycles. The summed E-state index contributed by atoms with van der Waals surface area (Å²) in [4.78, 5) is 24.0. The van der Waals surface area contributed by atoms with Crippen molar-refractivity contribution in [3.8, 4) is 0 Å². The maximum atomic E-state index is 12.1. The number of carbonyl (C=O) groups excluding carboxylic acids is 1. The van der Waals surface area contributed by atoms with Gasteiger partial charge in [0.05, 0.1) is 6.54 Å². The summed E-state index contributed by atoms with van der Waals surface area (Å²) in [5.74, 6) is 0.477. The highest BCUT2D eigenvalue weighted by Crippen LogP contribution is 2.08. The van der Waals surface area contributed by atoms with Crippen molar-refractivity contribution in [3.63, 3.8) is 0 Å². The van der Waals surface area contributed by atoms with Gasteiger partial charge in [-0.1, -0.05) is 6.07 Å². The van der Waals surface area contributed by atoms with E-state index in [1.165, 1.54) is 9.08 Å². The van der Waals surface area contributed by atoms with Gasteiger partial charge in [0.25, 0.3) is 0 Å². The average Bonchev–Trinajstić information content (AvgIpc) is 2.88. The smallest absolute Gasteiger partial charge is 0.350 e. The average molecular weight is 340 g/mol. The van der Waals surface area contributed by atoms with E-state index >= 15 is 0 Å². The molecule has 0 spiro atoms. The van der Waals surface area contributed by atoms with E-state index in [4.69, 9.17) is 0 Å². The predicted molar refractivity (Wildman–Crippen MR) is 89.9 cm³/mol. The minimum absolute atomic E-state index is 0. The van der Waals surface area contributed by atoms with Gasteiger partial charge in [-0.2, -0.15) is 0 Å². The minimum atomic E-state index is -0.208. The van der Waals surface area contributed by atoms with Gasteiger partial charge >= 0.3 is 5.69 Å². The normalized spacial score (nSPS) is 17.7. The van der Waals surface area contributed by atoms with E-state index in [9.17, 15) is 9.59 Å². The fourth-order valence-corrected chi connectivity index (χ4v) is 2.77. The van der Waals surface area contributed by atoms with Crippen molar-refractivity contribution in [2.24, 2.45) is 5.92 Å². The Kier molecular flexibility index (Phi) is 6.18. The summed E-state index contributed by atoms with van der Waals surface area (Å²) in [5, 5.41) is 10.5. The molecule has 2 aromatic heterocycles. The van der Waals surface area contributed by atoms with Crippen LogP contribution in [0.25, 0.3) is 5.65 Å². The van der Waals surface area contributed by atoms with Gasteiger partial charge in [-0.15, -0.1) is 17.5 Å². The molecule has 1 unspecified atom stereocenters. The van der Waals surface area contributed by atoms with Crippen molar-refractivity contribution in [1.29, 1.82) is 0 Å². The lowest BCUT2D eigenvalue weighted by Gasteiger charge is -2.22. The van der Waals surface area contributed by atoms with Crippen LogP contribution in [0.2, 0.25) is 0 Å². The van der Waals surface area contributed by atoms with Gasteiger partial charge in [0, 0.05) is 19.2 Å². The minimum Gasteiger partial charge on any atom is -0.356 e. The van der Waals surface area contributed by atoms with Gasteiger partial charge in [0.1, 0.15) is 0 Å². The lowest BCUT2D eigenvalue weighted by atomic mass is 10.00. The SMILES string of the molecule is Cl.O=C(CCn1nc2ccccn2c1=O)NCC1CCCNC1. The number of pyridine rings is 1. The van der Waals surface area contributed by atoms with E-state index < -0.39 is 0 Å². The summed E-state index contributed by atoms with van der Waals surface area (Å²) >= 11 is 0. The van der Waals surface area contributed by atoms with Crippen molar-refractivity contribution in [2.75, 3.05) is 19.6 Å². The molecule has 7 nitrogen and oxygen atoms in total. The fourth-order valence-electron chi connectivity index (χ4n) is 2.77. The quantitative estimate of drug-likeness (QED) is 0.827. The highest BCUT2D eigenvalue weighted by molar-refractivity contribution is 5.85. The molecule has 1 saturated heterocycles. The molecule has 0 saturated carbocycles. The number of nitrogens with zero attached hydrogens (tertiary/aromatic N) is 3. The summed E-state index contributed by atoms with van der Waals surface area (Å²) in [6.07, 6.45) is 4.26. The third-order valence-corrected chi connectivity index (χ3v) is 4.03. The molecule has 8 heteroatoms. The molecule has 1 aliphatic rings. The van der Waals surface area contributed by atoms with Crippen molar-refractivity contribution < 1.29 is 4.79 Å². The van der Waals surface area contributed by atoms with Crippen LogP contribution in [0.15, 0.2) is 29.2 Å². The zero-order valence-corrected chi connectivity index (χ0v) is 13.7. The molecule has 2 aromatic rings. The van der Waals surface area contributed by atoms with Gasteiger partial charge in [-0.3, -0.25) is 9.20 Å². The van der Waals surface area contributed by atoms with E-state index in [0.717, 1.165) is 25.9 Å². The van der Waals surface area contributed by atoms with Crippen molar-refractivity contribution >= 4 is 24.0 Å². The molecule has 126 valence electrons. The molecular formula is C15H22ClN5O2. The third kappa shape index (κ3) is 4.33. The zero-order valence-electron chi connectivity index (χ0n) is 12.9. The van der Waals surface area contributed by atoms with Crippen LogP contribution in [-0.2, 0) is 11.3 Å². The highest BCUT2D eigenvalue weighted by Gasteiger charge is 2.14. The van der Waals surface area contributed by atoms with Crippen LogP contribution in [0.4, 0.5) is 0 Å². The van der Waals surface area contributed by atoms with Crippen LogP contribution in [0.3, 0.4) is 0 Å². The van der Waals surface area contributed by atoms with E-state index in [2.05, 4.69) is 15.7 Å². The molecule has 2 N–H and O–H groups in total. The predicted octanol–water partition coefficient (Wildman–Crippen LogP) is 0.424. The lowest BCUT2D eigenvalue weighted by molar-refractivity contribution is -0.121. The second-order valence-corrected chi connectivity index (χ2v) is 5.70. The van der Waals surface area contributed by atoms with E-state index in [0.29, 0.717) is 24.7 Å². The Morgan fingerprint density at radius 1 is 1.43 bits per heavy atom. The first kappa shape index (κ1) is 17.5. The maximum Gasteiger partial charge on any atom is 0.350 e. The zero-order chi connectivity index (χ0) is 15.4. The summed E-state index contributed by atoms with van der Waals surface area (Å²) in [5.41, 5.74) is 0.390. The van der Waals surface area contributed by atoms with E-state index in [1.54, 1.807) is 18.3 Å². The number of carbonyl (C=O) groups is 1. The lowest BCUT2D eigenvalue weighted by Crippen LogP contribution is -2.38. The Bertz CT molecular complexity index is 705. The number of amides is 1. The molecule has 1 atom stereocenters. The summed E-state index contributed by atoms with van der Waals surface area (Å²) in [6, 6.07) is 5.39. The highest BCUT2D eigenvalue weighted by atomic mass is 35.5. The third-order valence-electron chi connectivity index (χ3n) is 4.03. The Balaban J connectivity index is 0.00000192. The number of fused-ring (bicyclic) bond motifs is 1. The van der Waals surface area contributed by atoms with Gasteiger partial charge in [0.15, 0.2) is 5.65 Å². The first-order chi connectivity index (χ1) is 10.7. The van der Waals surface area contributed by atoms with Gasteiger partial charge in [-0.25, -0.2) is 9.48 Å². The number of rotatable bonds is 5. The van der Waals surface area contributed by atoms with E-state index in [1.807, 2.05) is 6.07 Å². The Morgan fingerprint density at radius 2 is 2.30 bits per heavy atom. The number of hydrogen-bond acceptors (Lipinski definition) is 4. The van der Waals surface area contributed by atoms with Crippen molar-refractivity contribution in [3.05, 3.63) is 34.9 Å². The molecule has 1 aliphatic heterocycles. The molecule has 0 aliphatic carbocycles. The number of nitrogens with one attached hydrogen (secondary N) is 2. The molecule has 1 fully saturated rings. The van der Waals surface area contributed by atoms with Gasteiger partial charge in [0.2, 0.25) is 5.91 Å². The standard InChI is InChI=1S/C15H21N5O2.ClH/c21-14(17-11-12-4-3-7-16-10-12)6-9-20-15(22)19-8-2-1-5-13(19)18-20;/h1-2,5,8,12,16H,3-4,6-7,9-11H2,(H,17,21);1H. The topological polar surface area (TPSA) is 80.4 Å². The summed E-state index contributed by atoms with van der Waals surface area (Å²) in [7, 11) is 0. The Hall–Kier alpha value is -1.86. The summed E-state index contributed by atoms with van der Waals surface area (Å²) < 4.78 is 2.82. The van der Waals surface area contributed by atoms with Crippen LogP contribution in [0.5, 0.6) is 0 Å². The van der Waals surface area contributed by atoms with Crippen LogP contribution in [0, 0.1) is 5.92 Å². The number of aryl methyl sites for hydroxylation is 1. The van der Waals surface area contributed by atoms with Crippen LogP contribution in [-0.4, -0.2) is 39.7 Å².